The van der Waals surface area contributed by atoms with Gasteiger partial charge in [0.15, 0.2) is 0 Å². The van der Waals surface area contributed by atoms with Crippen LogP contribution in [0.5, 0.6) is 0 Å². The molecular weight excluding hydrogens is 926 g/mol. The second kappa shape index (κ2) is 15.4. The molecule has 0 fully saturated rings. The standard InChI is InChI=1S/C55H49N5.Pt/c1-53(2,3)38-23-24-47-44(28-38)45-29-40(55(7,8)9)30-46(50(45)58-47)52-59-51-42(21-16-22-49(51)60(52)41-19-14-11-15-20-41)35-25-36(27-39(26-35)54(4,5)6)48-31-43(37(32-56)33-57-48)34-17-12-10-13-18-34;/h10-24,26-31,33H,1-9H3;/q-2;+2. The van der Waals surface area contributed by atoms with E-state index in [1.807, 2.05) is 36.4 Å². The molecular formula is C55H49N5Pt. The third kappa shape index (κ3) is 7.64. The van der Waals surface area contributed by atoms with Crippen molar-refractivity contribution < 1.29 is 21.1 Å². The third-order valence-electron chi connectivity index (χ3n) is 11.7. The Morgan fingerprint density at radius 2 is 1.25 bits per heavy atom. The monoisotopic (exact) mass is 974 g/mol. The molecule has 6 heteroatoms. The van der Waals surface area contributed by atoms with E-state index in [0.29, 0.717) is 5.56 Å². The molecule has 9 rings (SSSR count). The van der Waals surface area contributed by atoms with Crippen LogP contribution in [0.25, 0.3) is 83.4 Å². The van der Waals surface area contributed by atoms with Gasteiger partial charge in [0.1, 0.15) is 11.9 Å². The Bertz CT molecular complexity index is 3140. The molecule has 0 amide bonds. The second-order valence-corrected chi connectivity index (χ2v) is 19.1. The van der Waals surface area contributed by atoms with E-state index in [1.54, 1.807) is 6.20 Å². The fourth-order valence-corrected chi connectivity index (χ4v) is 8.17. The van der Waals surface area contributed by atoms with Crippen molar-refractivity contribution in [3.63, 3.8) is 0 Å². The molecule has 0 spiro atoms. The van der Waals surface area contributed by atoms with E-state index in [0.717, 1.165) is 83.6 Å². The van der Waals surface area contributed by atoms with Crippen molar-refractivity contribution >= 4 is 32.8 Å². The minimum atomic E-state index is -0.173. The molecule has 0 radical (unpaired) electrons. The van der Waals surface area contributed by atoms with E-state index < -0.39 is 0 Å². The van der Waals surface area contributed by atoms with E-state index in [9.17, 15) is 5.26 Å². The number of rotatable bonds is 5. The van der Waals surface area contributed by atoms with Crippen LogP contribution in [0.1, 0.15) is 84.6 Å². The number of nitriles is 1. The molecule has 6 aromatic carbocycles. The van der Waals surface area contributed by atoms with Crippen LogP contribution in [0.4, 0.5) is 0 Å². The number of imidazole rings is 1. The average Bonchev–Trinajstić information content (AvgIpc) is 3.81. The molecule has 0 aliphatic carbocycles. The Kier molecular flexibility index (Phi) is 10.5. The first-order valence-corrected chi connectivity index (χ1v) is 20.7. The van der Waals surface area contributed by atoms with Crippen LogP contribution < -0.4 is 4.98 Å². The Labute approximate surface area is 373 Å². The van der Waals surface area contributed by atoms with Crippen molar-refractivity contribution in [1.82, 2.24) is 19.5 Å². The van der Waals surface area contributed by atoms with Crippen molar-refractivity contribution in [3.8, 4) is 56.7 Å². The van der Waals surface area contributed by atoms with Gasteiger partial charge in [-0.25, -0.2) is 4.98 Å². The minimum Gasteiger partial charge on any atom is -0.656 e. The third-order valence-corrected chi connectivity index (χ3v) is 11.7. The van der Waals surface area contributed by atoms with E-state index in [1.165, 1.54) is 16.5 Å². The maximum Gasteiger partial charge on any atom is 2.00 e. The molecule has 0 aliphatic rings. The van der Waals surface area contributed by atoms with Gasteiger partial charge in [-0.05, 0) is 73.5 Å². The summed E-state index contributed by atoms with van der Waals surface area (Å²) in [6, 6.07) is 51.0. The molecule has 0 saturated carbocycles. The number of aromatic nitrogens is 4. The molecule has 3 heterocycles. The van der Waals surface area contributed by atoms with Crippen molar-refractivity contribution in [2.24, 2.45) is 0 Å². The van der Waals surface area contributed by atoms with Crippen molar-refractivity contribution in [3.05, 3.63) is 162 Å². The first-order valence-electron chi connectivity index (χ1n) is 20.7. The van der Waals surface area contributed by atoms with Gasteiger partial charge in [-0.3, -0.25) is 9.55 Å². The first-order chi connectivity index (χ1) is 28.6. The maximum absolute atomic E-state index is 10.1. The fraction of sp³-hybridized carbons (Fsp3) is 0.218. The SMILES string of the molecule is CC(C)(C)c1cc(-c2cc(-c3ccccc3)c(C#N)cn2)[c-]c(-c2cccc3c2nc(-c2cc(C(C)(C)C)cc4c2[n-]c2ccc(C(C)(C)C)cc24)n3-c2ccccc2)c1.[Pt+2]. The number of para-hydroxylation sites is 2. The van der Waals surface area contributed by atoms with Gasteiger partial charge in [0.2, 0.25) is 0 Å². The van der Waals surface area contributed by atoms with Crippen LogP contribution in [0.3, 0.4) is 0 Å². The van der Waals surface area contributed by atoms with Gasteiger partial charge in [0.25, 0.3) is 0 Å². The van der Waals surface area contributed by atoms with Gasteiger partial charge in [-0.1, -0.05) is 164 Å². The van der Waals surface area contributed by atoms with E-state index >= 15 is 0 Å². The summed E-state index contributed by atoms with van der Waals surface area (Å²) in [7, 11) is 0. The summed E-state index contributed by atoms with van der Waals surface area (Å²) in [6.45, 7) is 20.3. The Hall–Kier alpha value is -6.08. The number of fused-ring (bicyclic) bond motifs is 4. The maximum atomic E-state index is 10.1. The Balaban J connectivity index is 0.00000514. The molecule has 0 unspecified atom stereocenters. The topological polar surface area (TPSA) is 68.6 Å². The number of hydrogen-bond acceptors (Lipinski definition) is 3. The van der Waals surface area contributed by atoms with Crippen LogP contribution in [0.2, 0.25) is 0 Å². The zero-order valence-corrected chi connectivity index (χ0v) is 38.5. The summed E-state index contributed by atoms with van der Waals surface area (Å²) in [5, 5.41) is 12.4. The Morgan fingerprint density at radius 3 is 1.92 bits per heavy atom. The molecule has 3 aromatic heterocycles. The fourth-order valence-electron chi connectivity index (χ4n) is 8.17. The summed E-state index contributed by atoms with van der Waals surface area (Å²) in [4.78, 5) is 15.9. The molecule has 0 atom stereocenters. The predicted molar refractivity (Wildman–Crippen MR) is 249 cm³/mol. The average molecular weight is 975 g/mol. The van der Waals surface area contributed by atoms with E-state index in [2.05, 4.69) is 170 Å². The molecule has 0 saturated heterocycles. The molecule has 0 aliphatic heterocycles. The van der Waals surface area contributed by atoms with Crippen molar-refractivity contribution in [2.45, 2.75) is 78.6 Å². The quantitative estimate of drug-likeness (QED) is 0.161. The molecule has 304 valence electrons. The van der Waals surface area contributed by atoms with Gasteiger partial charge >= 0.3 is 21.1 Å². The van der Waals surface area contributed by atoms with Crippen LogP contribution in [-0.4, -0.2) is 14.5 Å². The number of nitrogens with zero attached hydrogens (tertiary/aromatic N) is 5. The normalized spacial score (nSPS) is 12.2. The van der Waals surface area contributed by atoms with Gasteiger partial charge in [-0.15, -0.1) is 40.4 Å². The smallest absolute Gasteiger partial charge is 0.656 e. The zero-order chi connectivity index (χ0) is 42.1. The van der Waals surface area contributed by atoms with Crippen LogP contribution in [-0.2, 0) is 37.3 Å². The summed E-state index contributed by atoms with van der Waals surface area (Å²) >= 11 is 0. The molecule has 9 aromatic rings. The minimum absolute atomic E-state index is 0. The van der Waals surface area contributed by atoms with E-state index in [4.69, 9.17) is 15.0 Å². The molecule has 61 heavy (non-hydrogen) atoms. The van der Waals surface area contributed by atoms with Gasteiger partial charge in [-0.2, -0.15) is 5.26 Å². The van der Waals surface area contributed by atoms with Crippen LogP contribution in [0.15, 0.2) is 134 Å². The van der Waals surface area contributed by atoms with Crippen LogP contribution in [0, 0.1) is 17.4 Å². The molecule has 0 bridgehead atoms. The van der Waals surface area contributed by atoms with Gasteiger partial charge in [0.05, 0.1) is 16.6 Å². The number of pyridine rings is 1. The van der Waals surface area contributed by atoms with Crippen molar-refractivity contribution in [1.29, 1.82) is 5.26 Å². The molecule has 5 nitrogen and oxygen atoms in total. The largest absolute Gasteiger partial charge is 2.00 e. The zero-order valence-electron chi connectivity index (χ0n) is 36.3. The van der Waals surface area contributed by atoms with E-state index in [-0.39, 0.29) is 37.3 Å². The predicted octanol–water partition coefficient (Wildman–Crippen LogP) is 13.9. The van der Waals surface area contributed by atoms with Gasteiger partial charge < -0.3 is 4.98 Å². The Morgan fingerprint density at radius 1 is 0.607 bits per heavy atom. The second-order valence-electron chi connectivity index (χ2n) is 19.1. The first kappa shape index (κ1) is 41.6. The molecule has 0 N–H and O–H groups in total. The number of hydrogen-bond donors (Lipinski definition) is 0. The van der Waals surface area contributed by atoms with Gasteiger partial charge in [0, 0.05) is 23.1 Å². The summed E-state index contributed by atoms with van der Waals surface area (Å²) < 4.78 is 2.29. The summed E-state index contributed by atoms with van der Waals surface area (Å²) in [5.41, 5.74) is 15.1. The van der Waals surface area contributed by atoms with Crippen LogP contribution >= 0.6 is 0 Å². The summed E-state index contributed by atoms with van der Waals surface area (Å²) in [5.74, 6) is 0.840. The summed E-state index contributed by atoms with van der Waals surface area (Å²) in [6.07, 6.45) is 1.68. The van der Waals surface area contributed by atoms with Crippen molar-refractivity contribution in [2.75, 3.05) is 0 Å². The number of benzene rings is 6.